The van der Waals surface area contributed by atoms with Gasteiger partial charge in [0.15, 0.2) is 0 Å². The molecule has 1 atom stereocenters. The highest BCUT2D eigenvalue weighted by atomic mass is 15.1. The number of nitrogens with one attached hydrogen (secondary N) is 1. The van der Waals surface area contributed by atoms with Crippen LogP contribution in [0.2, 0.25) is 0 Å². The lowest BCUT2D eigenvalue weighted by Crippen LogP contribution is -2.31. The number of hydrogen-bond donors (Lipinski definition) is 1. The summed E-state index contributed by atoms with van der Waals surface area (Å²) in [5, 5.41) is 3.59. The van der Waals surface area contributed by atoms with E-state index in [1.165, 1.54) is 22.5 Å². The van der Waals surface area contributed by atoms with Crippen LogP contribution in [0, 0.1) is 0 Å². The summed E-state index contributed by atoms with van der Waals surface area (Å²) in [6.45, 7) is 6.40. The van der Waals surface area contributed by atoms with Gasteiger partial charge < -0.3 is 9.88 Å². The predicted molar refractivity (Wildman–Crippen MR) is 77.3 cm³/mol. The quantitative estimate of drug-likeness (QED) is 0.914. The molecule has 0 fully saturated rings. The molecule has 0 saturated carbocycles. The highest BCUT2D eigenvalue weighted by Crippen LogP contribution is 2.27. The molecular formula is C16H21N3. The van der Waals surface area contributed by atoms with E-state index in [1.54, 1.807) is 0 Å². The number of rotatable bonds is 3. The summed E-state index contributed by atoms with van der Waals surface area (Å²) in [5.74, 6) is 0. The van der Waals surface area contributed by atoms with Gasteiger partial charge in [-0.3, -0.25) is 0 Å². The minimum atomic E-state index is 0.252. The van der Waals surface area contributed by atoms with Crippen LogP contribution in [-0.4, -0.2) is 16.1 Å². The van der Waals surface area contributed by atoms with E-state index in [2.05, 4.69) is 53.0 Å². The van der Waals surface area contributed by atoms with Gasteiger partial charge in [-0.15, -0.1) is 0 Å². The summed E-state index contributed by atoms with van der Waals surface area (Å²) in [4.78, 5) is 4.63. The summed E-state index contributed by atoms with van der Waals surface area (Å²) < 4.78 is 2.27. The molecule has 0 bridgehead atoms. The predicted octanol–water partition coefficient (Wildman–Crippen LogP) is 2.70. The maximum Gasteiger partial charge on any atom is 0.0952 e. The number of hydrogen-bond acceptors (Lipinski definition) is 2. The van der Waals surface area contributed by atoms with Gasteiger partial charge in [-0.25, -0.2) is 4.98 Å². The Labute approximate surface area is 114 Å². The molecular weight excluding hydrogens is 234 g/mol. The van der Waals surface area contributed by atoms with Crippen LogP contribution in [0.3, 0.4) is 0 Å². The van der Waals surface area contributed by atoms with Crippen LogP contribution in [0.15, 0.2) is 30.6 Å². The Morgan fingerprint density at radius 2 is 2.05 bits per heavy atom. The van der Waals surface area contributed by atoms with Crippen molar-refractivity contribution in [2.75, 3.05) is 6.54 Å². The molecule has 1 aromatic carbocycles. The van der Waals surface area contributed by atoms with E-state index < -0.39 is 0 Å². The standard InChI is InChI=1S/C16H21N3/c1-3-12-5-7-13(8-6-12)15-16-14(9-10-17-15)19(4-2)11-18-16/h5-8,11,15,17H,3-4,9-10H2,1-2H3. The van der Waals surface area contributed by atoms with Gasteiger partial charge in [0.1, 0.15) is 0 Å². The van der Waals surface area contributed by atoms with Crippen molar-refractivity contribution in [2.45, 2.75) is 39.3 Å². The van der Waals surface area contributed by atoms with E-state index in [1.807, 2.05) is 6.33 Å². The van der Waals surface area contributed by atoms with Crippen LogP contribution in [0.4, 0.5) is 0 Å². The van der Waals surface area contributed by atoms with E-state index in [-0.39, 0.29) is 6.04 Å². The molecule has 3 nitrogen and oxygen atoms in total. The normalized spacial score (nSPS) is 18.3. The van der Waals surface area contributed by atoms with Crippen LogP contribution < -0.4 is 5.32 Å². The Bertz CT molecular complexity index is 554. The zero-order valence-corrected chi connectivity index (χ0v) is 11.7. The van der Waals surface area contributed by atoms with Gasteiger partial charge >= 0.3 is 0 Å². The SMILES string of the molecule is CCc1ccc(C2NCCc3c2ncn3CC)cc1. The third-order valence-electron chi connectivity index (χ3n) is 4.02. The molecule has 3 rings (SSSR count). The van der Waals surface area contributed by atoms with Crippen molar-refractivity contribution in [2.24, 2.45) is 0 Å². The van der Waals surface area contributed by atoms with Crippen LogP contribution in [0.25, 0.3) is 0 Å². The molecule has 2 aromatic rings. The monoisotopic (exact) mass is 255 g/mol. The topological polar surface area (TPSA) is 29.9 Å². The first kappa shape index (κ1) is 12.4. The zero-order valence-electron chi connectivity index (χ0n) is 11.7. The van der Waals surface area contributed by atoms with E-state index in [4.69, 9.17) is 0 Å². The zero-order chi connectivity index (χ0) is 13.2. The lowest BCUT2D eigenvalue weighted by Gasteiger charge is -2.24. The lowest BCUT2D eigenvalue weighted by atomic mass is 9.96. The number of aryl methyl sites for hydroxylation is 2. The fourth-order valence-electron chi connectivity index (χ4n) is 2.86. The van der Waals surface area contributed by atoms with Crippen LogP contribution in [0.5, 0.6) is 0 Å². The first-order valence-electron chi connectivity index (χ1n) is 7.19. The van der Waals surface area contributed by atoms with E-state index >= 15 is 0 Å². The lowest BCUT2D eigenvalue weighted by molar-refractivity contribution is 0.538. The number of fused-ring (bicyclic) bond motifs is 1. The molecule has 0 radical (unpaired) electrons. The number of imidazole rings is 1. The van der Waals surface area contributed by atoms with Gasteiger partial charge in [-0.1, -0.05) is 31.2 Å². The smallest absolute Gasteiger partial charge is 0.0952 e. The molecule has 0 saturated heterocycles. The van der Waals surface area contributed by atoms with Crippen molar-refractivity contribution in [3.8, 4) is 0 Å². The number of aromatic nitrogens is 2. The van der Waals surface area contributed by atoms with Crippen LogP contribution >= 0.6 is 0 Å². The second-order valence-corrected chi connectivity index (χ2v) is 5.09. The summed E-state index contributed by atoms with van der Waals surface area (Å²) in [6.07, 6.45) is 4.14. The molecule has 1 aliphatic rings. The van der Waals surface area contributed by atoms with Gasteiger partial charge in [0.05, 0.1) is 18.1 Å². The Morgan fingerprint density at radius 1 is 1.26 bits per heavy atom. The van der Waals surface area contributed by atoms with Crippen molar-refractivity contribution in [3.05, 3.63) is 53.1 Å². The minimum absolute atomic E-state index is 0.252. The molecule has 0 spiro atoms. The second kappa shape index (κ2) is 5.17. The highest BCUT2D eigenvalue weighted by Gasteiger charge is 2.25. The average molecular weight is 255 g/mol. The molecule has 0 amide bonds. The van der Waals surface area contributed by atoms with Crippen LogP contribution in [0.1, 0.15) is 42.4 Å². The third kappa shape index (κ3) is 2.19. The van der Waals surface area contributed by atoms with E-state index in [0.717, 1.165) is 25.9 Å². The maximum absolute atomic E-state index is 4.63. The van der Waals surface area contributed by atoms with E-state index in [0.29, 0.717) is 0 Å². The summed E-state index contributed by atoms with van der Waals surface area (Å²) in [6, 6.07) is 9.17. The first-order valence-corrected chi connectivity index (χ1v) is 7.19. The molecule has 1 N–H and O–H groups in total. The Kier molecular flexibility index (Phi) is 3.38. The van der Waals surface area contributed by atoms with Crippen molar-refractivity contribution < 1.29 is 0 Å². The molecule has 100 valence electrons. The molecule has 3 heteroatoms. The molecule has 0 aliphatic carbocycles. The molecule has 2 heterocycles. The Balaban J connectivity index is 1.96. The first-order chi connectivity index (χ1) is 9.33. The Morgan fingerprint density at radius 3 is 2.74 bits per heavy atom. The second-order valence-electron chi connectivity index (χ2n) is 5.09. The third-order valence-corrected chi connectivity index (χ3v) is 4.02. The number of benzene rings is 1. The average Bonchev–Trinajstić information content (AvgIpc) is 2.90. The van der Waals surface area contributed by atoms with Crippen molar-refractivity contribution in [3.63, 3.8) is 0 Å². The molecule has 1 unspecified atom stereocenters. The Hall–Kier alpha value is -1.61. The summed E-state index contributed by atoms with van der Waals surface area (Å²) in [5.41, 5.74) is 5.31. The summed E-state index contributed by atoms with van der Waals surface area (Å²) >= 11 is 0. The largest absolute Gasteiger partial charge is 0.334 e. The van der Waals surface area contributed by atoms with Gasteiger partial charge in [0.2, 0.25) is 0 Å². The number of nitrogens with zero attached hydrogens (tertiary/aromatic N) is 2. The van der Waals surface area contributed by atoms with Crippen LogP contribution in [-0.2, 0) is 19.4 Å². The molecule has 1 aromatic heterocycles. The minimum Gasteiger partial charge on any atom is -0.334 e. The molecule has 1 aliphatic heterocycles. The summed E-state index contributed by atoms with van der Waals surface area (Å²) in [7, 11) is 0. The fraction of sp³-hybridized carbons (Fsp3) is 0.438. The van der Waals surface area contributed by atoms with E-state index in [9.17, 15) is 0 Å². The van der Waals surface area contributed by atoms with Crippen molar-refractivity contribution in [1.29, 1.82) is 0 Å². The van der Waals surface area contributed by atoms with Gasteiger partial charge in [0, 0.05) is 25.2 Å². The molecule has 19 heavy (non-hydrogen) atoms. The highest BCUT2D eigenvalue weighted by molar-refractivity contribution is 5.34. The van der Waals surface area contributed by atoms with Gasteiger partial charge in [-0.2, -0.15) is 0 Å². The van der Waals surface area contributed by atoms with Crippen molar-refractivity contribution >= 4 is 0 Å². The van der Waals surface area contributed by atoms with Crippen molar-refractivity contribution in [1.82, 2.24) is 14.9 Å². The maximum atomic E-state index is 4.63. The van der Waals surface area contributed by atoms with Gasteiger partial charge in [0.25, 0.3) is 0 Å². The fourth-order valence-corrected chi connectivity index (χ4v) is 2.86. The van der Waals surface area contributed by atoms with Gasteiger partial charge in [-0.05, 0) is 24.5 Å².